The molecule has 1 aromatic rings. The summed E-state index contributed by atoms with van der Waals surface area (Å²) in [5.41, 5.74) is 0.340. The molecule has 0 atom stereocenters. The number of ether oxygens (including phenoxy) is 1. The first-order valence-corrected chi connectivity index (χ1v) is 5.00. The maximum Gasteiger partial charge on any atom is 0.311 e. The monoisotopic (exact) mass is 243 g/mol. The molecule has 0 aliphatic rings. The topological polar surface area (TPSA) is 69.4 Å². The van der Waals surface area contributed by atoms with Crippen LogP contribution in [0.15, 0.2) is 18.2 Å². The molecule has 0 saturated heterocycles. The lowest BCUT2D eigenvalue weighted by Gasteiger charge is -2.05. The Kier molecular flexibility index (Phi) is 4.25. The van der Waals surface area contributed by atoms with Crippen molar-refractivity contribution in [3.8, 4) is 5.75 Å². The van der Waals surface area contributed by atoms with Crippen LogP contribution in [0.2, 0.25) is 0 Å². The van der Waals surface area contributed by atoms with Crippen molar-refractivity contribution >= 4 is 22.5 Å². The van der Waals surface area contributed by atoms with Crippen molar-refractivity contribution in [2.45, 2.75) is 13.3 Å². The molecule has 6 heteroatoms. The minimum atomic E-state index is -0.557. The normalized spacial score (nSPS) is 9.88. The van der Waals surface area contributed by atoms with Crippen molar-refractivity contribution in [3.05, 3.63) is 33.9 Å². The van der Waals surface area contributed by atoms with Gasteiger partial charge in [0.05, 0.1) is 11.5 Å². The number of benzene rings is 1. The molecule has 0 bridgehead atoms. The van der Waals surface area contributed by atoms with E-state index in [1.54, 1.807) is 13.0 Å². The van der Waals surface area contributed by atoms with Crippen LogP contribution in [0.4, 0.5) is 5.69 Å². The number of carbonyl (C=O) groups excluding carboxylic acids is 1. The first kappa shape index (κ1) is 12.4. The predicted octanol–water partition coefficient (Wildman–Crippen LogP) is 2.30. The number of nitrogens with zero attached hydrogens (tertiary/aromatic N) is 1. The molecule has 1 aromatic carbocycles. The van der Waals surface area contributed by atoms with E-state index in [2.05, 4.69) is 0 Å². The Bertz CT molecular complexity index is 419. The fraction of sp³-hybridized carbons (Fsp3) is 0.300. The highest BCUT2D eigenvalue weighted by atomic mass is 35.5. The molecular weight excluding hydrogens is 234 g/mol. The van der Waals surface area contributed by atoms with Gasteiger partial charge in [0.15, 0.2) is 5.75 Å². The molecule has 86 valence electrons. The summed E-state index contributed by atoms with van der Waals surface area (Å²) < 4.78 is 5.10. The number of hydrogen-bond acceptors (Lipinski definition) is 4. The third-order valence-corrected chi connectivity index (χ3v) is 2.00. The van der Waals surface area contributed by atoms with Gasteiger partial charge in [-0.2, -0.15) is 0 Å². The molecule has 0 aromatic heterocycles. The van der Waals surface area contributed by atoms with Crippen LogP contribution in [0.25, 0.3) is 0 Å². The Morgan fingerprint density at radius 1 is 1.56 bits per heavy atom. The molecule has 0 aliphatic heterocycles. The van der Waals surface area contributed by atoms with E-state index in [-0.39, 0.29) is 17.9 Å². The molecule has 5 nitrogen and oxygen atoms in total. The molecule has 0 saturated carbocycles. The first-order valence-electron chi connectivity index (χ1n) is 4.63. The highest BCUT2D eigenvalue weighted by Crippen LogP contribution is 2.28. The van der Waals surface area contributed by atoms with Crippen LogP contribution in [0.1, 0.15) is 12.5 Å². The second-order valence-electron chi connectivity index (χ2n) is 3.02. The smallest absolute Gasteiger partial charge is 0.311 e. The summed E-state index contributed by atoms with van der Waals surface area (Å²) >= 11 is 5.21. The Morgan fingerprint density at radius 2 is 2.25 bits per heavy atom. The Balaban J connectivity index is 3.06. The fourth-order valence-electron chi connectivity index (χ4n) is 1.25. The van der Waals surface area contributed by atoms with E-state index in [0.717, 1.165) is 0 Å². The Hall–Kier alpha value is -1.62. The van der Waals surface area contributed by atoms with Gasteiger partial charge in [0.1, 0.15) is 0 Å². The van der Waals surface area contributed by atoms with Gasteiger partial charge in [0.25, 0.3) is 0 Å². The van der Waals surface area contributed by atoms with E-state index in [1.807, 2.05) is 0 Å². The summed E-state index contributed by atoms with van der Waals surface area (Å²) in [6.07, 6.45) is -0.0329. The van der Waals surface area contributed by atoms with Crippen LogP contribution in [0.3, 0.4) is 0 Å². The van der Waals surface area contributed by atoms with Gasteiger partial charge >= 0.3 is 5.69 Å². The van der Waals surface area contributed by atoms with Crippen LogP contribution in [-0.2, 0) is 11.2 Å². The number of nitro benzene ring substituents is 1. The van der Waals surface area contributed by atoms with Crippen LogP contribution < -0.4 is 4.74 Å². The predicted molar refractivity (Wildman–Crippen MR) is 58.8 cm³/mol. The maximum absolute atomic E-state index is 10.7. The lowest BCUT2D eigenvalue weighted by atomic mass is 10.1. The second kappa shape index (κ2) is 5.46. The number of carbonyl (C=O) groups is 1. The summed E-state index contributed by atoms with van der Waals surface area (Å²) in [6.45, 7) is 2.08. The van der Waals surface area contributed by atoms with Crippen molar-refractivity contribution in [1.29, 1.82) is 0 Å². The fourth-order valence-corrected chi connectivity index (χ4v) is 1.41. The Labute approximate surface area is 97.1 Å². The van der Waals surface area contributed by atoms with E-state index in [0.29, 0.717) is 12.2 Å². The van der Waals surface area contributed by atoms with Crippen molar-refractivity contribution in [2.24, 2.45) is 0 Å². The summed E-state index contributed by atoms with van der Waals surface area (Å²) in [4.78, 5) is 20.9. The third-order valence-electron chi connectivity index (χ3n) is 1.86. The number of nitro groups is 1. The van der Waals surface area contributed by atoms with Crippen molar-refractivity contribution in [3.63, 3.8) is 0 Å². The zero-order chi connectivity index (χ0) is 12.1. The van der Waals surface area contributed by atoms with E-state index in [4.69, 9.17) is 16.3 Å². The van der Waals surface area contributed by atoms with E-state index < -0.39 is 10.2 Å². The Morgan fingerprint density at radius 3 is 2.75 bits per heavy atom. The molecule has 0 fully saturated rings. The lowest BCUT2D eigenvalue weighted by molar-refractivity contribution is -0.385. The molecule has 0 spiro atoms. The zero-order valence-electron chi connectivity index (χ0n) is 8.60. The average Bonchev–Trinajstić information content (AvgIpc) is 2.19. The molecule has 0 aliphatic carbocycles. The van der Waals surface area contributed by atoms with E-state index >= 15 is 0 Å². The summed E-state index contributed by atoms with van der Waals surface area (Å²) in [5, 5.41) is 10.2. The SMILES string of the molecule is CCOc1ccc(CC(=O)Cl)cc1[N+](=O)[O-]. The average molecular weight is 244 g/mol. The van der Waals surface area contributed by atoms with Crippen molar-refractivity contribution < 1.29 is 14.5 Å². The van der Waals surface area contributed by atoms with Crippen LogP contribution in [0, 0.1) is 10.1 Å². The highest BCUT2D eigenvalue weighted by molar-refractivity contribution is 6.63. The minimum Gasteiger partial charge on any atom is -0.487 e. The first-order chi connectivity index (χ1) is 7.54. The van der Waals surface area contributed by atoms with Gasteiger partial charge in [0.2, 0.25) is 5.24 Å². The highest BCUT2D eigenvalue weighted by Gasteiger charge is 2.16. The van der Waals surface area contributed by atoms with E-state index in [9.17, 15) is 14.9 Å². The minimum absolute atomic E-state index is 0.0329. The van der Waals surface area contributed by atoms with Crippen LogP contribution in [-0.4, -0.2) is 16.8 Å². The largest absolute Gasteiger partial charge is 0.487 e. The summed E-state index contributed by atoms with van der Waals surface area (Å²) in [6, 6.07) is 4.35. The van der Waals surface area contributed by atoms with Gasteiger partial charge in [-0.1, -0.05) is 6.07 Å². The van der Waals surface area contributed by atoms with Crippen LogP contribution >= 0.6 is 11.6 Å². The van der Waals surface area contributed by atoms with Gasteiger partial charge < -0.3 is 4.74 Å². The summed E-state index contributed by atoms with van der Waals surface area (Å²) in [7, 11) is 0. The van der Waals surface area contributed by atoms with Gasteiger partial charge in [-0.25, -0.2) is 0 Å². The molecule has 1 rings (SSSR count). The van der Waals surface area contributed by atoms with Gasteiger partial charge in [0, 0.05) is 12.5 Å². The van der Waals surface area contributed by atoms with E-state index in [1.165, 1.54) is 12.1 Å². The molecular formula is C10H10ClNO4. The molecule has 0 radical (unpaired) electrons. The lowest BCUT2D eigenvalue weighted by Crippen LogP contribution is -2.00. The molecule has 0 N–H and O–H groups in total. The molecule has 0 heterocycles. The molecule has 0 amide bonds. The molecule has 0 unspecified atom stereocenters. The quantitative estimate of drug-likeness (QED) is 0.452. The summed E-state index contributed by atoms with van der Waals surface area (Å²) in [5.74, 6) is 0.193. The van der Waals surface area contributed by atoms with Gasteiger partial charge in [-0.05, 0) is 30.2 Å². The number of rotatable bonds is 5. The maximum atomic E-state index is 10.7. The van der Waals surface area contributed by atoms with Crippen molar-refractivity contribution in [2.75, 3.05) is 6.61 Å². The number of halogens is 1. The second-order valence-corrected chi connectivity index (χ2v) is 3.45. The zero-order valence-corrected chi connectivity index (χ0v) is 9.36. The number of hydrogen-bond donors (Lipinski definition) is 0. The molecule has 16 heavy (non-hydrogen) atoms. The van der Waals surface area contributed by atoms with Crippen molar-refractivity contribution in [1.82, 2.24) is 0 Å². The van der Waals surface area contributed by atoms with Gasteiger partial charge in [-0.3, -0.25) is 14.9 Å². The third kappa shape index (κ3) is 3.20. The standard InChI is InChI=1S/C10H10ClNO4/c1-2-16-9-4-3-7(6-10(11)13)5-8(9)12(14)15/h3-5H,2,6H2,1H3. The van der Waals surface area contributed by atoms with Gasteiger partial charge in [-0.15, -0.1) is 0 Å². The van der Waals surface area contributed by atoms with Crippen LogP contribution in [0.5, 0.6) is 5.75 Å².